The molecular formula is C16H20N6OS2. The summed E-state index contributed by atoms with van der Waals surface area (Å²) in [6, 6.07) is -0.105. The van der Waals surface area contributed by atoms with Crippen LogP contribution >= 0.6 is 22.7 Å². The van der Waals surface area contributed by atoms with E-state index in [1.54, 1.807) is 11.3 Å². The number of amides is 1. The Labute approximate surface area is 154 Å². The summed E-state index contributed by atoms with van der Waals surface area (Å²) in [5.41, 5.74) is 2.59. The van der Waals surface area contributed by atoms with Crippen molar-refractivity contribution in [3.8, 4) is 5.00 Å². The molecule has 1 unspecified atom stereocenters. The zero-order valence-corrected chi connectivity index (χ0v) is 16.5. The standard InChI is InChI=1S/C16H20N6OS2/c1-6-12(15-18-9(3)11(5)24-15)19-14(23)13-8(2)10(4)25-16(13)22-7-17-20-21-22/h7,12H,6H2,1-5H3,(H,19,23). The second kappa shape index (κ2) is 7.01. The van der Waals surface area contributed by atoms with Crippen molar-refractivity contribution in [1.29, 1.82) is 0 Å². The van der Waals surface area contributed by atoms with Gasteiger partial charge in [0, 0.05) is 9.75 Å². The number of thiophene rings is 1. The number of rotatable bonds is 5. The van der Waals surface area contributed by atoms with E-state index in [-0.39, 0.29) is 11.9 Å². The summed E-state index contributed by atoms with van der Waals surface area (Å²) in [5.74, 6) is -0.121. The molecule has 0 spiro atoms. The van der Waals surface area contributed by atoms with Crippen molar-refractivity contribution in [2.75, 3.05) is 0 Å². The van der Waals surface area contributed by atoms with Crippen LogP contribution in [0.1, 0.15) is 55.8 Å². The third-order valence-electron chi connectivity index (χ3n) is 4.21. The van der Waals surface area contributed by atoms with Crippen molar-refractivity contribution in [1.82, 2.24) is 30.5 Å². The van der Waals surface area contributed by atoms with Crippen LogP contribution in [0, 0.1) is 27.7 Å². The Morgan fingerprint density at radius 2 is 2.00 bits per heavy atom. The van der Waals surface area contributed by atoms with Gasteiger partial charge in [-0.05, 0) is 50.1 Å². The van der Waals surface area contributed by atoms with Gasteiger partial charge in [-0.3, -0.25) is 4.79 Å². The molecule has 0 radical (unpaired) electrons. The lowest BCUT2D eigenvalue weighted by Crippen LogP contribution is -2.29. The van der Waals surface area contributed by atoms with E-state index < -0.39 is 0 Å². The van der Waals surface area contributed by atoms with Gasteiger partial charge in [-0.25, -0.2) is 4.98 Å². The fourth-order valence-electron chi connectivity index (χ4n) is 2.51. The average Bonchev–Trinajstić information content (AvgIpc) is 3.27. The maximum Gasteiger partial charge on any atom is 0.255 e. The number of aromatic nitrogens is 5. The second-order valence-electron chi connectivity index (χ2n) is 5.85. The number of carbonyl (C=O) groups excluding carboxylic acids is 1. The predicted octanol–water partition coefficient (Wildman–Crippen LogP) is 3.30. The molecule has 0 bridgehead atoms. The zero-order valence-electron chi connectivity index (χ0n) is 14.8. The Hall–Kier alpha value is -2.13. The molecule has 0 aliphatic carbocycles. The lowest BCUT2D eigenvalue weighted by Gasteiger charge is -2.15. The third kappa shape index (κ3) is 3.34. The lowest BCUT2D eigenvalue weighted by atomic mass is 10.1. The van der Waals surface area contributed by atoms with Crippen LogP contribution in [0.4, 0.5) is 0 Å². The molecule has 0 fully saturated rings. The molecule has 132 valence electrons. The Morgan fingerprint density at radius 1 is 1.24 bits per heavy atom. The summed E-state index contributed by atoms with van der Waals surface area (Å²) >= 11 is 3.15. The molecule has 0 aromatic carbocycles. The first-order chi connectivity index (χ1) is 11.9. The number of tetrazole rings is 1. The summed E-state index contributed by atoms with van der Waals surface area (Å²) in [4.78, 5) is 19.9. The Kier molecular flexibility index (Phi) is 4.96. The first-order valence-electron chi connectivity index (χ1n) is 8.00. The van der Waals surface area contributed by atoms with E-state index in [0.717, 1.165) is 32.6 Å². The van der Waals surface area contributed by atoms with Crippen LogP contribution < -0.4 is 5.32 Å². The fraction of sp³-hybridized carbons (Fsp3) is 0.438. The number of aryl methyl sites for hydroxylation is 3. The van der Waals surface area contributed by atoms with Gasteiger partial charge >= 0.3 is 0 Å². The molecule has 3 rings (SSSR count). The van der Waals surface area contributed by atoms with Crippen molar-refractivity contribution in [3.05, 3.63) is 37.9 Å². The molecule has 1 atom stereocenters. The van der Waals surface area contributed by atoms with Crippen molar-refractivity contribution in [3.63, 3.8) is 0 Å². The van der Waals surface area contributed by atoms with E-state index in [9.17, 15) is 4.79 Å². The number of nitrogens with one attached hydrogen (secondary N) is 1. The topological polar surface area (TPSA) is 85.6 Å². The monoisotopic (exact) mass is 376 g/mol. The van der Waals surface area contributed by atoms with E-state index in [2.05, 4.69) is 25.8 Å². The molecule has 1 N–H and O–H groups in total. The van der Waals surface area contributed by atoms with Gasteiger partial charge in [-0.2, -0.15) is 4.68 Å². The predicted molar refractivity (Wildman–Crippen MR) is 98.6 cm³/mol. The molecule has 0 saturated heterocycles. The number of thiazole rings is 1. The highest BCUT2D eigenvalue weighted by atomic mass is 32.1. The number of hydrogen-bond donors (Lipinski definition) is 1. The molecule has 0 saturated carbocycles. The van der Waals surface area contributed by atoms with E-state index >= 15 is 0 Å². The normalized spacial score (nSPS) is 12.4. The van der Waals surface area contributed by atoms with E-state index in [0.29, 0.717) is 5.56 Å². The smallest absolute Gasteiger partial charge is 0.255 e. The maximum absolute atomic E-state index is 13.0. The number of carbonyl (C=O) groups is 1. The van der Waals surface area contributed by atoms with Gasteiger partial charge in [0.25, 0.3) is 5.91 Å². The first kappa shape index (κ1) is 17.7. The van der Waals surface area contributed by atoms with Gasteiger partial charge in [0.05, 0.1) is 17.3 Å². The molecule has 9 heteroatoms. The first-order valence-corrected chi connectivity index (χ1v) is 9.63. The summed E-state index contributed by atoms with van der Waals surface area (Å²) in [7, 11) is 0. The number of nitrogens with zero attached hydrogens (tertiary/aromatic N) is 5. The Morgan fingerprint density at radius 3 is 2.56 bits per heavy atom. The van der Waals surface area contributed by atoms with Gasteiger partial charge in [0.1, 0.15) is 16.3 Å². The van der Waals surface area contributed by atoms with Crippen LogP contribution in [0.15, 0.2) is 6.33 Å². The molecule has 3 aromatic rings. The highest BCUT2D eigenvalue weighted by molar-refractivity contribution is 7.15. The fourth-order valence-corrected chi connectivity index (χ4v) is 4.64. The largest absolute Gasteiger partial charge is 0.343 e. The molecule has 0 aliphatic rings. The Balaban J connectivity index is 1.93. The molecule has 3 heterocycles. The van der Waals surface area contributed by atoms with Gasteiger partial charge < -0.3 is 5.32 Å². The molecule has 25 heavy (non-hydrogen) atoms. The second-order valence-corrected chi connectivity index (χ2v) is 8.28. The van der Waals surface area contributed by atoms with Crippen LogP contribution in [-0.2, 0) is 0 Å². The van der Waals surface area contributed by atoms with Crippen molar-refractivity contribution in [2.24, 2.45) is 0 Å². The maximum atomic E-state index is 13.0. The van der Waals surface area contributed by atoms with E-state index in [4.69, 9.17) is 0 Å². The van der Waals surface area contributed by atoms with E-state index in [1.165, 1.54) is 27.2 Å². The van der Waals surface area contributed by atoms with Crippen molar-refractivity contribution in [2.45, 2.75) is 47.1 Å². The van der Waals surface area contributed by atoms with Crippen LogP contribution in [-0.4, -0.2) is 31.1 Å². The quantitative estimate of drug-likeness (QED) is 0.738. The molecule has 3 aromatic heterocycles. The average molecular weight is 377 g/mol. The lowest BCUT2D eigenvalue weighted by molar-refractivity contribution is 0.0935. The van der Waals surface area contributed by atoms with Crippen LogP contribution in [0.3, 0.4) is 0 Å². The van der Waals surface area contributed by atoms with Gasteiger partial charge in [0.15, 0.2) is 0 Å². The van der Waals surface area contributed by atoms with E-state index in [1.807, 2.05) is 34.6 Å². The summed E-state index contributed by atoms with van der Waals surface area (Å²) in [6.07, 6.45) is 2.28. The minimum atomic E-state index is -0.121. The summed E-state index contributed by atoms with van der Waals surface area (Å²) in [5, 5.41) is 16.1. The van der Waals surface area contributed by atoms with Crippen LogP contribution in [0.5, 0.6) is 0 Å². The minimum Gasteiger partial charge on any atom is -0.343 e. The molecular weight excluding hydrogens is 356 g/mol. The van der Waals surface area contributed by atoms with Gasteiger partial charge in [-0.15, -0.1) is 27.8 Å². The highest BCUT2D eigenvalue weighted by Crippen LogP contribution is 2.31. The van der Waals surface area contributed by atoms with Crippen LogP contribution in [0.2, 0.25) is 0 Å². The minimum absolute atomic E-state index is 0.105. The number of hydrogen-bond acceptors (Lipinski definition) is 7. The van der Waals surface area contributed by atoms with Gasteiger partial charge in [-0.1, -0.05) is 6.92 Å². The van der Waals surface area contributed by atoms with Crippen molar-refractivity contribution >= 4 is 28.6 Å². The highest BCUT2D eigenvalue weighted by Gasteiger charge is 2.25. The van der Waals surface area contributed by atoms with Gasteiger partial charge in [0.2, 0.25) is 0 Å². The summed E-state index contributed by atoms with van der Waals surface area (Å²) < 4.78 is 1.54. The van der Waals surface area contributed by atoms with Crippen LogP contribution in [0.25, 0.3) is 5.00 Å². The molecule has 7 nitrogen and oxygen atoms in total. The summed E-state index contributed by atoms with van der Waals surface area (Å²) in [6.45, 7) is 10.0. The molecule has 1 amide bonds. The zero-order chi connectivity index (χ0) is 18.1. The third-order valence-corrected chi connectivity index (χ3v) is 6.59. The molecule has 0 aliphatic heterocycles. The SMILES string of the molecule is CCC(NC(=O)c1c(-n2cnnn2)sc(C)c1C)c1nc(C)c(C)s1. The van der Waals surface area contributed by atoms with Crippen molar-refractivity contribution < 1.29 is 4.79 Å². The Bertz CT molecular complexity index is 877.